The van der Waals surface area contributed by atoms with Crippen LogP contribution in [0.3, 0.4) is 0 Å². The fourth-order valence-corrected chi connectivity index (χ4v) is 1.83. The quantitative estimate of drug-likeness (QED) is 0.386. The van der Waals surface area contributed by atoms with Gasteiger partial charge in [-0.1, -0.05) is 12.1 Å². The zero-order chi connectivity index (χ0) is 15.5. The van der Waals surface area contributed by atoms with Gasteiger partial charge < -0.3 is 20.7 Å². The average molecular weight is 292 g/mol. The number of nitrogens with zero attached hydrogens (tertiary/aromatic N) is 1. The number of methoxy groups -OCH3 is 1. The van der Waals surface area contributed by atoms with Gasteiger partial charge in [0.25, 0.3) is 5.91 Å². The van der Waals surface area contributed by atoms with Gasteiger partial charge >= 0.3 is 0 Å². The number of nitrogens with one attached hydrogen (secondary N) is 3. The minimum absolute atomic E-state index is 0.0677. The maximum atomic E-state index is 11.6. The summed E-state index contributed by atoms with van der Waals surface area (Å²) >= 11 is 0. The van der Waals surface area contributed by atoms with Crippen LogP contribution in [-0.4, -0.2) is 52.8 Å². The van der Waals surface area contributed by atoms with Crippen molar-refractivity contribution in [2.24, 2.45) is 4.99 Å². The number of carbonyl (C=O) groups is 1. The number of benzene rings is 1. The average Bonchev–Trinajstić information content (AvgIpc) is 2.53. The molecular formula is C15H24N4O2. The van der Waals surface area contributed by atoms with Crippen LogP contribution in [0, 0.1) is 0 Å². The lowest BCUT2D eigenvalue weighted by Gasteiger charge is -2.11. The molecule has 1 aromatic rings. The molecule has 116 valence electrons. The van der Waals surface area contributed by atoms with Gasteiger partial charge in [-0.2, -0.15) is 0 Å². The molecule has 0 atom stereocenters. The minimum Gasteiger partial charge on any atom is -0.383 e. The van der Waals surface area contributed by atoms with Crippen LogP contribution in [0.4, 0.5) is 0 Å². The van der Waals surface area contributed by atoms with E-state index in [1.54, 1.807) is 27.3 Å². The molecule has 0 aliphatic rings. The fourth-order valence-electron chi connectivity index (χ4n) is 1.83. The van der Waals surface area contributed by atoms with Crippen molar-refractivity contribution >= 4 is 11.9 Å². The Bertz CT molecular complexity index is 474. The minimum atomic E-state index is -0.0677. The summed E-state index contributed by atoms with van der Waals surface area (Å²) in [6.45, 7) is 2.08. The second kappa shape index (κ2) is 9.77. The van der Waals surface area contributed by atoms with Crippen LogP contribution in [0.1, 0.15) is 15.9 Å². The number of guanidine groups is 1. The molecule has 6 heteroatoms. The van der Waals surface area contributed by atoms with Crippen LogP contribution in [-0.2, 0) is 11.2 Å². The molecular weight excluding hydrogens is 268 g/mol. The first-order chi connectivity index (χ1) is 10.2. The molecule has 0 aliphatic carbocycles. The number of amides is 1. The molecule has 0 spiro atoms. The van der Waals surface area contributed by atoms with E-state index in [0.29, 0.717) is 18.7 Å². The summed E-state index contributed by atoms with van der Waals surface area (Å²) in [5.74, 6) is 0.677. The van der Waals surface area contributed by atoms with Gasteiger partial charge in [-0.15, -0.1) is 0 Å². The third-order valence-electron chi connectivity index (χ3n) is 2.94. The van der Waals surface area contributed by atoms with E-state index in [0.717, 1.165) is 24.5 Å². The van der Waals surface area contributed by atoms with Crippen LogP contribution in [0.2, 0.25) is 0 Å². The molecule has 6 nitrogen and oxygen atoms in total. The van der Waals surface area contributed by atoms with Gasteiger partial charge in [0.05, 0.1) is 6.61 Å². The van der Waals surface area contributed by atoms with Gasteiger partial charge in [0.2, 0.25) is 0 Å². The van der Waals surface area contributed by atoms with Gasteiger partial charge in [0, 0.05) is 39.9 Å². The van der Waals surface area contributed by atoms with Crippen molar-refractivity contribution in [3.05, 3.63) is 35.4 Å². The van der Waals surface area contributed by atoms with Gasteiger partial charge in [0.15, 0.2) is 5.96 Å². The van der Waals surface area contributed by atoms with Crippen LogP contribution < -0.4 is 16.0 Å². The third kappa shape index (κ3) is 6.27. The second-order valence-corrected chi connectivity index (χ2v) is 4.45. The number of hydrogen-bond donors (Lipinski definition) is 3. The van der Waals surface area contributed by atoms with Crippen molar-refractivity contribution in [2.75, 3.05) is 40.9 Å². The second-order valence-electron chi connectivity index (χ2n) is 4.45. The van der Waals surface area contributed by atoms with Crippen molar-refractivity contribution in [3.63, 3.8) is 0 Å². The summed E-state index contributed by atoms with van der Waals surface area (Å²) in [4.78, 5) is 15.7. The normalized spacial score (nSPS) is 11.1. The lowest BCUT2D eigenvalue weighted by Crippen LogP contribution is -2.39. The SMILES string of the molecule is CN=C(NCCOC)NCCc1cccc(C(=O)NC)c1. The van der Waals surface area contributed by atoms with Gasteiger partial charge in [0.1, 0.15) is 0 Å². The summed E-state index contributed by atoms with van der Waals surface area (Å²) in [5.41, 5.74) is 1.79. The Morgan fingerprint density at radius 3 is 2.71 bits per heavy atom. The molecule has 0 fully saturated rings. The smallest absolute Gasteiger partial charge is 0.251 e. The molecule has 0 aliphatic heterocycles. The largest absolute Gasteiger partial charge is 0.383 e. The Kier molecular flexibility index (Phi) is 7.89. The van der Waals surface area contributed by atoms with E-state index in [1.165, 1.54) is 0 Å². The lowest BCUT2D eigenvalue weighted by molar-refractivity contribution is 0.0963. The number of aliphatic imine (C=N–C) groups is 1. The zero-order valence-electron chi connectivity index (χ0n) is 12.9. The molecule has 1 aromatic carbocycles. The highest BCUT2D eigenvalue weighted by Crippen LogP contribution is 2.05. The Balaban J connectivity index is 2.42. The van der Waals surface area contributed by atoms with Crippen LogP contribution >= 0.6 is 0 Å². The van der Waals surface area contributed by atoms with Gasteiger partial charge in [-0.05, 0) is 24.1 Å². The van der Waals surface area contributed by atoms with Crippen LogP contribution in [0.25, 0.3) is 0 Å². The highest BCUT2D eigenvalue weighted by molar-refractivity contribution is 5.94. The molecule has 1 rings (SSSR count). The van der Waals surface area contributed by atoms with Crippen molar-refractivity contribution in [2.45, 2.75) is 6.42 Å². The molecule has 0 bridgehead atoms. The molecule has 21 heavy (non-hydrogen) atoms. The zero-order valence-corrected chi connectivity index (χ0v) is 12.9. The van der Waals surface area contributed by atoms with Crippen molar-refractivity contribution in [1.29, 1.82) is 0 Å². The Labute approximate surface area is 126 Å². The lowest BCUT2D eigenvalue weighted by atomic mass is 10.1. The van der Waals surface area contributed by atoms with Crippen LogP contribution in [0.15, 0.2) is 29.3 Å². The van der Waals surface area contributed by atoms with E-state index in [1.807, 2.05) is 18.2 Å². The Morgan fingerprint density at radius 1 is 1.29 bits per heavy atom. The first-order valence-corrected chi connectivity index (χ1v) is 6.95. The number of hydrogen-bond acceptors (Lipinski definition) is 3. The molecule has 0 unspecified atom stereocenters. The predicted octanol–water partition coefficient (Wildman–Crippen LogP) is 0.400. The van der Waals surface area contributed by atoms with Crippen molar-refractivity contribution < 1.29 is 9.53 Å². The fraction of sp³-hybridized carbons (Fsp3) is 0.467. The maximum Gasteiger partial charge on any atom is 0.251 e. The molecule has 0 saturated heterocycles. The molecule has 0 aromatic heterocycles. The maximum absolute atomic E-state index is 11.6. The Morgan fingerprint density at radius 2 is 2.05 bits per heavy atom. The van der Waals surface area contributed by atoms with Crippen molar-refractivity contribution in [1.82, 2.24) is 16.0 Å². The summed E-state index contributed by atoms with van der Waals surface area (Å²) in [6.07, 6.45) is 0.815. The molecule has 0 saturated carbocycles. The van der Waals surface area contributed by atoms with E-state index in [4.69, 9.17) is 4.74 Å². The van der Waals surface area contributed by atoms with Crippen LogP contribution in [0.5, 0.6) is 0 Å². The summed E-state index contributed by atoms with van der Waals surface area (Å²) in [5, 5.41) is 8.99. The van der Waals surface area contributed by atoms with Gasteiger partial charge in [-0.25, -0.2) is 0 Å². The first kappa shape index (κ1) is 17.0. The molecule has 3 N–H and O–H groups in total. The summed E-state index contributed by atoms with van der Waals surface area (Å²) in [6, 6.07) is 7.61. The Hall–Kier alpha value is -2.08. The van der Waals surface area contributed by atoms with E-state index >= 15 is 0 Å². The standard InChI is InChI=1S/C15H24N4O2/c1-16-14(20)13-6-4-5-12(11-13)7-8-18-15(17-2)19-9-10-21-3/h4-6,11H,7-10H2,1-3H3,(H,16,20)(H2,17,18,19). The number of rotatable bonds is 7. The summed E-state index contributed by atoms with van der Waals surface area (Å²) < 4.78 is 4.97. The number of ether oxygens (including phenoxy) is 1. The topological polar surface area (TPSA) is 74.8 Å². The van der Waals surface area contributed by atoms with Gasteiger partial charge in [-0.3, -0.25) is 9.79 Å². The highest BCUT2D eigenvalue weighted by Gasteiger charge is 2.03. The van der Waals surface area contributed by atoms with Crippen molar-refractivity contribution in [3.8, 4) is 0 Å². The van der Waals surface area contributed by atoms with E-state index < -0.39 is 0 Å². The first-order valence-electron chi connectivity index (χ1n) is 6.95. The third-order valence-corrected chi connectivity index (χ3v) is 2.94. The molecule has 0 radical (unpaired) electrons. The molecule has 1 amide bonds. The molecule has 0 heterocycles. The monoisotopic (exact) mass is 292 g/mol. The highest BCUT2D eigenvalue weighted by atomic mass is 16.5. The predicted molar refractivity (Wildman–Crippen MR) is 84.8 cm³/mol. The van der Waals surface area contributed by atoms with E-state index in [9.17, 15) is 4.79 Å². The summed E-state index contributed by atoms with van der Waals surface area (Å²) in [7, 11) is 5.03. The number of carbonyl (C=O) groups excluding carboxylic acids is 1. The van der Waals surface area contributed by atoms with E-state index in [-0.39, 0.29) is 5.91 Å². The van der Waals surface area contributed by atoms with E-state index in [2.05, 4.69) is 20.9 Å².